The molecule has 3 rings (SSSR count). The second kappa shape index (κ2) is 8.29. The molecule has 0 unspecified atom stereocenters. The number of benzene rings is 2. The van der Waals surface area contributed by atoms with Gasteiger partial charge in [0.1, 0.15) is 5.82 Å². The number of nitrogens with one attached hydrogen (secondary N) is 2. The number of rotatable bonds is 6. The minimum absolute atomic E-state index is 0.175. The molecule has 0 spiro atoms. The van der Waals surface area contributed by atoms with Crippen molar-refractivity contribution < 1.29 is 9.18 Å². The first-order valence-electron chi connectivity index (χ1n) is 7.85. The van der Waals surface area contributed by atoms with E-state index in [9.17, 15) is 9.18 Å². The van der Waals surface area contributed by atoms with Gasteiger partial charge < -0.3 is 10.6 Å². The van der Waals surface area contributed by atoms with Crippen LogP contribution in [0.3, 0.4) is 0 Å². The molecule has 8 heteroatoms. The molecular weight excluding hydrogens is 371 g/mol. The lowest BCUT2D eigenvalue weighted by atomic mass is 10.1. The number of thioether (sulfide) groups is 1. The van der Waals surface area contributed by atoms with E-state index in [1.165, 1.54) is 46.4 Å². The number of carbonyl (C=O) groups excluding carboxylic acids is 1. The van der Waals surface area contributed by atoms with Gasteiger partial charge in [-0.15, -0.1) is 10.2 Å². The Hall–Kier alpha value is -2.45. The van der Waals surface area contributed by atoms with Crippen molar-refractivity contribution >= 4 is 45.5 Å². The summed E-state index contributed by atoms with van der Waals surface area (Å²) in [4.78, 5) is 12.0. The quantitative estimate of drug-likeness (QED) is 0.596. The normalized spacial score (nSPS) is 10.6. The van der Waals surface area contributed by atoms with Gasteiger partial charge in [-0.3, -0.25) is 4.79 Å². The summed E-state index contributed by atoms with van der Waals surface area (Å²) in [6.07, 6.45) is 0. The number of aromatic nitrogens is 2. The average Bonchev–Trinajstić information content (AvgIpc) is 3.04. The molecule has 0 aliphatic carbocycles. The lowest BCUT2D eigenvalue weighted by Crippen LogP contribution is -2.13. The van der Waals surface area contributed by atoms with Gasteiger partial charge in [-0.25, -0.2) is 4.39 Å². The van der Waals surface area contributed by atoms with E-state index in [-0.39, 0.29) is 17.5 Å². The van der Waals surface area contributed by atoms with Gasteiger partial charge in [0.25, 0.3) is 0 Å². The molecule has 134 valence electrons. The Kier molecular flexibility index (Phi) is 5.85. The first kappa shape index (κ1) is 18.3. The van der Waals surface area contributed by atoms with Crippen molar-refractivity contribution in [3.63, 3.8) is 0 Å². The summed E-state index contributed by atoms with van der Waals surface area (Å²) in [5.41, 5.74) is 3.81. The lowest BCUT2D eigenvalue weighted by molar-refractivity contribution is -0.113. The van der Waals surface area contributed by atoms with Gasteiger partial charge in [0.2, 0.25) is 11.0 Å². The number of aryl methyl sites for hydroxylation is 2. The highest BCUT2D eigenvalue weighted by molar-refractivity contribution is 8.01. The molecule has 1 amide bonds. The summed E-state index contributed by atoms with van der Waals surface area (Å²) >= 11 is 2.67. The maximum Gasteiger partial charge on any atom is 0.234 e. The van der Waals surface area contributed by atoms with E-state index in [1.54, 1.807) is 12.1 Å². The number of halogens is 1. The van der Waals surface area contributed by atoms with E-state index in [4.69, 9.17) is 0 Å². The van der Waals surface area contributed by atoms with Crippen molar-refractivity contribution in [2.24, 2.45) is 0 Å². The van der Waals surface area contributed by atoms with Gasteiger partial charge >= 0.3 is 0 Å². The second-order valence-corrected chi connectivity index (χ2v) is 7.84. The summed E-state index contributed by atoms with van der Waals surface area (Å²) in [5.74, 6) is -0.435. The van der Waals surface area contributed by atoms with Gasteiger partial charge in [-0.2, -0.15) is 0 Å². The van der Waals surface area contributed by atoms with Crippen LogP contribution in [0.25, 0.3) is 0 Å². The Morgan fingerprint density at radius 1 is 1.12 bits per heavy atom. The van der Waals surface area contributed by atoms with E-state index < -0.39 is 0 Å². The average molecular weight is 388 g/mol. The molecule has 0 aliphatic rings. The molecule has 0 saturated carbocycles. The Morgan fingerprint density at radius 2 is 1.96 bits per heavy atom. The Bertz CT molecular complexity index is 929. The lowest BCUT2D eigenvalue weighted by Gasteiger charge is -2.05. The molecule has 0 bridgehead atoms. The van der Waals surface area contributed by atoms with Gasteiger partial charge in [-0.1, -0.05) is 35.2 Å². The molecule has 5 nitrogen and oxygen atoms in total. The van der Waals surface area contributed by atoms with Crippen molar-refractivity contribution in [2.45, 2.75) is 18.2 Å². The van der Waals surface area contributed by atoms with E-state index >= 15 is 0 Å². The van der Waals surface area contributed by atoms with Crippen molar-refractivity contribution in [3.05, 3.63) is 59.4 Å². The van der Waals surface area contributed by atoms with Gasteiger partial charge in [0.05, 0.1) is 5.75 Å². The molecule has 1 aromatic heterocycles. The smallest absolute Gasteiger partial charge is 0.234 e. The number of carbonyl (C=O) groups is 1. The summed E-state index contributed by atoms with van der Waals surface area (Å²) in [6, 6.07) is 11.9. The zero-order valence-corrected chi connectivity index (χ0v) is 15.9. The predicted octanol–water partition coefficient (Wildman–Crippen LogP) is 4.77. The van der Waals surface area contributed by atoms with E-state index in [0.717, 1.165) is 5.69 Å². The zero-order valence-electron chi connectivity index (χ0n) is 14.2. The van der Waals surface area contributed by atoms with Crippen LogP contribution in [0.15, 0.2) is 46.8 Å². The number of nitrogens with zero attached hydrogens (tertiary/aromatic N) is 2. The molecular formula is C18H17FN4OS2. The van der Waals surface area contributed by atoms with Crippen LogP contribution in [0, 0.1) is 19.7 Å². The van der Waals surface area contributed by atoms with Crippen LogP contribution in [0.1, 0.15) is 11.1 Å². The number of hydrogen-bond acceptors (Lipinski definition) is 6. The predicted molar refractivity (Wildman–Crippen MR) is 105 cm³/mol. The van der Waals surface area contributed by atoms with E-state index in [2.05, 4.69) is 40.7 Å². The van der Waals surface area contributed by atoms with E-state index in [1.807, 2.05) is 12.1 Å². The van der Waals surface area contributed by atoms with Crippen LogP contribution in [0.5, 0.6) is 0 Å². The van der Waals surface area contributed by atoms with Crippen LogP contribution >= 0.6 is 23.1 Å². The number of amides is 1. The maximum absolute atomic E-state index is 13.1. The molecule has 0 radical (unpaired) electrons. The fraction of sp³-hybridized carbons (Fsp3) is 0.167. The van der Waals surface area contributed by atoms with Crippen LogP contribution in [-0.4, -0.2) is 21.9 Å². The highest BCUT2D eigenvalue weighted by Gasteiger charge is 2.09. The maximum atomic E-state index is 13.1. The topological polar surface area (TPSA) is 66.9 Å². The van der Waals surface area contributed by atoms with Gasteiger partial charge in [0, 0.05) is 11.4 Å². The van der Waals surface area contributed by atoms with Crippen LogP contribution < -0.4 is 10.6 Å². The molecule has 0 saturated heterocycles. The SMILES string of the molecule is Cc1ccc(Nc2nnc(SCC(=O)Nc3cccc(F)c3)s2)cc1C. The Labute approximate surface area is 159 Å². The van der Waals surface area contributed by atoms with Crippen molar-refractivity contribution in [3.8, 4) is 0 Å². The Balaban J connectivity index is 1.53. The molecule has 0 fully saturated rings. The van der Waals surface area contributed by atoms with E-state index in [0.29, 0.717) is 15.2 Å². The molecule has 26 heavy (non-hydrogen) atoms. The van der Waals surface area contributed by atoms with Gasteiger partial charge in [0.15, 0.2) is 4.34 Å². The van der Waals surface area contributed by atoms with Crippen LogP contribution in [0.2, 0.25) is 0 Å². The number of anilines is 3. The van der Waals surface area contributed by atoms with Crippen molar-refractivity contribution in [1.82, 2.24) is 10.2 Å². The largest absolute Gasteiger partial charge is 0.330 e. The third-order valence-electron chi connectivity index (χ3n) is 3.60. The van der Waals surface area contributed by atoms with Gasteiger partial charge in [-0.05, 0) is 55.3 Å². The number of hydrogen-bond donors (Lipinski definition) is 2. The highest BCUT2D eigenvalue weighted by Crippen LogP contribution is 2.28. The molecule has 3 aromatic rings. The van der Waals surface area contributed by atoms with Crippen LogP contribution in [-0.2, 0) is 4.79 Å². The monoisotopic (exact) mass is 388 g/mol. The standard InChI is InChI=1S/C18H17FN4OS2/c1-11-6-7-15(8-12(11)2)21-17-22-23-18(26-17)25-10-16(24)20-14-5-3-4-13(19)9-14/h3-9H,10H2,1-2H3,(H,20,24)(H,21,22). The summed E-state index contributed by atoms with van der Waals surface area (Å²) in [7, 11) is 0. The highest BCUT2D eigenvalue weighted by atomic mass is 32.2. The zero-order chi connectivity index (χ0) is 18.5. The molecule has 2 N–H and O–H groups in total. The van der Waals surface area contributed by atoms with Crippen LogP contribution in [0.4, 0.5) is 20.9 Å². The first-order chi connectivity index (χ1) is 12.5. The summed E-state index contributed by atoms with van der Waals surface area (Å²) in [5, 5.41) is 14.7. The van der Waals surface area contributed by atoms with Crippen molar-refractivity contribution in [2.75, 3.05) is 16.4 Å². The minimum atomic E-state index is -0.387. The third kappa shape index (κ3) is 5.03. The fourth-order valence-corrected chi connectivity index (χ4v) is 3.72. The fourth-order valence-electron chi connectivity index (χ4n) is 2.15. The minimum Gasteiger partial charge on any atom is -0.330 e. The molecule has 1 heterocycles. The summed E-state index contributed by atoms with van der Waals surface area (Å²) < 4.78 is 13.8. The van der Waals surface area contributed by atoms with Crippen molar-refractivity contribution in [1.29, 1.82) is 0 Å². The third-order valence-corrected chi connectivity index (χ3v) is 5.57. The summed E-state index contributed by atoms with van der Waals surface area (Å²) in [6.45, 7) is 4.12. The molecule has 0 aliphatic heterocycles. The second-order valence-electron chi connectivity index (χ2n) is 5.64. The molecule has 2 aromatic carbocycles. The Morgan fingerprint density at radius 3 is 2.73 bits per heavy atom. The molecule has 0 atom stereocenters. The first-order valence-corrected chi connectivity index (χ1v) is 9.66.